The molecular formula is C5H12N2O2. The summed E-state index contributed by atoms with van der Waals surface area (Å²) in [6.07, 6.45) is -0.519. The minimum atomic E-state index is -0.417. The summed E-state index contributed by atoms with van der Waals surface area (Å²) < 4.78 is 4.92. The smallest absolute Gasteiger partial charge is 0.0983 e. The maximum atomic E-state index is 9.11. The summed E-state index contributed by atoms with van der Waals surface area (Å²) in [5.74, 6) is 5.38. The molecule has 0 saturated carbocycles. The molecule has 1 rings (SSSR count). The van der Waals surface area contributed by atoms with Crippen molar-refractivity contribution in [3.8, 4) is 0 Å². The van der Waals surface area contributed by atoms with Gasteiger partial charge < -0.3 is 9.84 Å². The summed E-state index contributed by atoms with van der Waals surface area (Å²) in [4.78, 5) is 0. The van der Waals surface area contributed by atoms with E-state index in [1.165, 1.54) is 0 Å². The van der Waals surface area contributed by atoms with Gasteiger partial charge in [-0.3, -0.25) is 5.84 Å². The van der Waals surface area contributed by atoms with Crippen LogP contribution in [0.4, 0.5) is 0 Å². The van der Waals surface area contributed by atoms with E-state index in [0.29, 0.717) is 13.1 Å². The number of aliphatic hydroxyl groups excluding tert-OH is 1. The van der Waals surface area contributed by atoms with Gasteiger partial charge in [-0.15, -0.1) is 0 Å². The SMILES string of the molecule is CO[C@@H]1CN(N)C[C@H]1O. The Hall–Kier alpha value is -0.160. The summed E-state index contributed by atoms with van der Waals surface area (Å²) in [7, 11) is 1.58. The van der Waals surface area contributed by atoms with Gasteiger partial charge in [-0.1, -0.05) is 0 Å². The number of hydrogen-bond donors (Lipinski definition) is 2. The number of aliphatic hydroxyl groups is 1. The fourth-order valence-corrected chi connectivity index (χ4v) is 1.02. The van der Waals surface area contributed by atoms with Gasteiger partial charge >= 0.3 is 0 Å². The molecule has 3 N–H and O–H groups in total. The van der Waals surface area contributed by atoms with Crippen LogP contribution in [0.15, 0.2) is 0 Å². The second kappa shape index (κ2) is 2.62. The first-order chi connectivity index (χ1) is 4.24. The highest BCUT2D eigenvalue weighted by molar-refractivity contribution is 4.80. The number of hydrazine groups is 1. The zero-order valence-corrected chi connectivity index (χ0v) is 5.45. The molecule has 1 saturated heterocycles. The predicted octanol–water partition coefficient (Wildman–Crippen LogP) is -1.45. The Morgan fingerprint density at radius 2 is 2.33 bits per heavy atom. The molecule has 2 atom stereocenters. The Balaban J connectivity index is 2.38. The minimum absolute atomic E-state index is 0.102. The van der Waals surface area contributed by atoms with E-state index < -0.39 is 6.10 Å². The number of ether oxygens (including phenoxy) is 1. The van der Waals surface area contributed by atoms with Crippen LogP contribution in [0.25, 0.3) is 0 Å². The van der Waals surface area contributed by atoms with Crippen molar-refractivity contribution < 1.29 is 9.84 Å². The second-order valence-corrected chi connectivity index (χ2v) is 2.30. The number of methoxy groups -OCH3 is 1. The fraction of sp³-hybridized carbons (Fsp3) is 1.00. The highest BCUT2D eigenvalue weighted by Crippen LogP contribution is 2.07. The predicted molar refractivity (Wildman–Crippen MR) is 32.6 cm³/mol. The molecule has 0 amide bonds. The Bertz CT molecular complexity index is 99.0. The van der Waals surface area contributed by atoms with Crippen LogP contribution in [0.3, 0.4) is 0 Å². The molecule has 4 heteroatoms. The van der Waals surface area contributed by atoms with Gasteiger partial charge in [-0.25, -0.2) is 5.01 Å². The van der Waals surface area contributed by atoms with Crippen LogP contribution < -0.4 is 5.84 Å². The highest BCUT2D eigenvalue weighted by Gasteiger charge is 2.28. The van der Waals surface area contributed by atoms with E-state index in [9.17, 15) is 0 Å². The summed E-state index contributed by atoms with van der Waals surface area (Å²) in [5.41, 5.74) is 0. The van der Waals surface area contributed by atoms with Gasteiger partial charge in [-0.05, 0) is 0 Å². The number of nitrogens with zero attached hydrogens (tertiary/aromatic N) is 1. The lowest BCUT2D eigenvalue weighted by molar-refractivity contribution is 0.0215. The lowest BCUT2D eigenvalue weighted by atomic mass is 10.3. The lowest BCUT2D eigenvalue weighted by Gasteiger charge is -2.09. The van der Waals surface area contributed by atoms with Crippen molar-refractivity contribution in [1.29, 1.82) is 0 Å². The van der Waals surface area contributed by atoms with Gasteiger partial charge in [0.2, 0.25) is 0 Å². The van der Waals surface area contributed by atoms with Crippen molar-refractivity contribution in [2.75, 3.05) is 20.2 Å². The van der Waals surface area contributed by atoms with Crippen LogP contribution in [-0.4, -0.2) is 42.5 Å². The average molecular weight is 132 g/mol. The third-order valence-corrected chi connectivity index (χ3v) is 1.57. The van der Waals surface area contributed by atoms with Gasteiger partial charge in [0.05, 0.1) is 12.2 Å². The lowest BCUT2D eigenvalue weighted by Crippen LogP contribution is -2.29. The normalized spacial score (nSPS) is 37.7. The molecule has 0 spiro atoms. The molecule has 0 unspecified atom stereocenters. The summed E-state index contributed by atoms with van der Waals surface area (Å²) in [6.45, 7) is 1.14. The van der Waals surface area contributed by atoms with E-state index in [0.717, 1.165) is 0 Å². The van der Waals surface area contributed by atoms with Gasteiger partial charge in [0, 0.05) is 20.2 Å². The van der Waals surface area contributed by atoms with Gasteiger partial charge in [0.15, 0.2) is 0 Å². The highest BCUT2D eigenvalue weighted by atomic mass is 16.5. The topological polar surface area (TPSA) is 58.7 Å². The largest absolute Gasteiger partial charge is 0.389 e. The number of hydrogen-bond acceptors (Lipinski definition) is 4. The molecule has 1 fully saturated rings. The van der Waals surface area contributed by atoms with Crippen LogP contribution in [0.5, 0.6) is 0 Å². The average Bonchev–Trinajstić information content (AvgIpc) is 2.10. The quantitative estimate of drug-likeness (QED) is 0.429. The van der Waals surface area contributed by atoms with Gasteiger partial charge in [-0.2, -0.15) is 0 Å². The Morgan fingerprint density at radius 1 is 1.67 bits per heavy atom. The Morgan fingerprint density at radius 3 is 2.56 bits per heavy atom. The number of rotatable bonds is 1. The van der Waals surface area contributed by atoms with Crippen molar-refractivity contribution in [3.63, 3.8) is 0 Å². The third kappa shape index (κ3) is 1.40. The maximum Gasteiger partial charge on any atom is 0.0983 e. The molecule has 0 aliphatic carbocycles. The van der Waals surface area contributed by atoms with Gasteiger partial charge in [0.25, 0.3) is 0 Å². The molecule has 1 aliphatic rings. The molecule has 54 valence electrons. The van der Waals surface area contributed by atoms with E-state index in [1.54, 1.807) is 12.1 Å². The van der Waals surface area contributed by atoms with Crippen LogP contribution >= 0.6 is 0 Å². The van der Waals surface area contributed by atoms with Crippen LogP contribution in [-0.2, 0) is 4.74 Å². The summed E-state index contributed by atoms with van der Waals surface area (Å²) >= 11 is 0. The molecule has 0 radical (unpaired) electrons. The third-order valence-electron chi connectivity index (χ3n) is 1.57. The van der Waals surface area contributed by atoms with E-state index in [4.69, 9.17) is 15.7 Å². The van der Waals surface area contributed by atoms with Crippen molar-refractivity contribution in [2.24, 2.45) is 5.84 Å². The zero-order chi connectivity index (χ0) is 6.85. The van der Waals surface area contributed by atoms with Crippen molar-refractivity contribution in [1.82, 2.24) is 5.01 Å². The molecule has 4 nitrogen and oxygen atoms in total. The standard InChI is InChI=1S/C5H12N2O2/c1-9-5-3-7(6)2-4(5)8/h4-5,8H,2-3,6H2,1H3/t4-,5-/m1/s1. The summed E-state index contributed by atoms with van der Waals surface area (Å²) in [6, 6.07) is 0. The monoisotopic (exact) mass is 132 g/mol. The number of nitrogens with two attached hydrogens (primary N) is 1. The van der Waals surface area contributed by atoms with E-state index in [1.807, 2.05) is 0 Å². The number of β-amino-alcohol motifs (C(OH)–C–C–N with tert-alkyl or cyclic N) is 1. The van der Waals surface area contributed by atoms with Crippen LogP contribution in [0.2, 0.25) is 0 Å². The first-order valence-corrected chi connectivity index (χ1v) is 2.94. The molecule has 0 bridgehead atoms. The maximum absolute atomic E-state index is 9.11. The Labute approximate surface area is 54.2 Å². The molecule has 1 aliphatic heterocycles. The molecule has 1 heterocycles. The first-order valence-electron chi connectivity index (χ1n) is 2.94. The fourth-order valence-electron chi connectivity index (χ4n) is 1.02. The van der Waals surface area contributed by atoms with Crippen LogP contribution in [0.1, 0.15) is 0 Å². The van der Waals surface area contributed by atoms with E-state index in [-0.39, 0.29) is 6.10 Å². The molecule has 0 aromatic heterocycles. The van der Waals surface area contributed by atoms with Crippen molar-refractivity contribution in [3.05, 3.63) is 0 Å². The second-order valence-electron chi connectivity index (χ2n) is 2.30. The molecule has 0 aromatic carbocycles. The molecular weight excluding hydrogens is 120 g/mol. The zero-order valence-electron chi connectivity index (χ0n) is 5.45. The van der Waals surface area contributed by atoms with Crippen molar-refractivity contribution >= 4 is 0 Å². The summed E-state index contributed by atoms with van der Waals surface area (Å²) in [5, 5.41) is 10.7. The van der Waals surface area contributed by atoms with Crippen LogP contribution in [0, 0.1) is 0 Å². The van der Waals surface area contributed by atoms with Crippen molar-refractivity contribution in [2.45, 2.75) is 12.2 Å². The Kier molecular flexibility index (Phi) is 2.02. The first kappa shape index (κ1) is 6.95. The van der Waals surface area contributed by atoms with E-state index >= 15 is 0 Å². The molecule has 0 aromatic rings. The van der Waals surface area contributed by atoms with Gasteiger partial charge in [0.1, 0.15) is 0 Å². The minimum Gasteiger partial charge on any atom is -0.389 e. The molecule has 9 heavy (non-hydrogen) atoms. The van der Waals surface area contributed by atoms with E-state index in [2.05, 4.69) is 0 Å².